The molecule has 1 heterocycles. The van der Waals surface area contributed by atoms with Crippen LogP contribution in [0.3, 0.4) is 0 Å². The van der Waals surface area contributed by atoms with E-state index in [1.165, 1.54) is 19.3 Å². The molecule has 27 heavy (non-hydrogen) atoms. The van der Waals surface area contributed by atoms with E-state index in [0.717, 1.165) is 47.9 Å². The van der Waals surface area contributed by atoms with Crippen LogP contribution >= 0.6 is 11.3 Å². The third-order valence-corrected chi connectivity index (χ3v) is 6.86. The van der Waals surface area contributed by atoms with E-state index in [4.69, 9.17) is 9.94 Å². The summed E-state index contributed by atoms with van der Waals surface area (Å²) in [5.41, 5.74) is 0.140. The van der Waals surface area contributed by atoms with E-state index in [1.807, 2.05) is 0 Å². The summed E-state index contributed by atoms with van der Waals surface area (Å²) in [6.45, 7) is 0.524. The molecule has 0 unspecified atom stereocenters. The molecule has 7 nitrogen and oxygen atoms in total. The molecule has 3 N–H and O–H groups in total. The van der Waals surface area contributed by atoms with Crippen molar-refractivity contribution in [2.75, 3.05) is 6.54 Å². The summed E-state index contributed by atoms with van der Waals surface area (Å²) in [7, 11) is 0. The van der Waals surface area contributed by atoms with Crippen LogP contribution in [-0.4, -0.2) is 28.7 Å². The Hall–Kier alpha value is -1.81. The van der Waals surface area contributed by atoms with Crippen molar-refractivity contribution in [1.29, 1.82) is 0 Å². The summed E-state index contributed by atoms with van der Waals surface area (Å²) in [5.74, 6) is -3.63. The highest BCUT2D eigenvalue weighted by molar-refractivity contribution is 7.11. The minimum Gasteiger partial charge on any atom is -0.381 e. The second kappa shape index (κ2) is 6.66. The SMILES string of the molecule is O=C(NCC12CC3CC(CC(C3)C1)C2)Oc1nc(C(F)(F)C(=O)NO)cs1. The van der Waals surface area contributed by atoms with Gasteiger partial charge in [-0.1, -0.05) is 11.3 Å². The predicted octanol–water partition coefficient (Wildman–Crippen LogP) is 3.05. The minimum atomic E-state index is -4.01. The van der Waals surface area contributed by atoms with Gasteiger partial charge in [0, 0.05) is 11.9 Å². The summed E-state index contributed by atoms with van der Waals surface area (Å²) in [4.78, 5) is 26.6. The van der Waals surface area contributed by atoms with Gasteiger partial charge >= 0.3 is 17.9 Å². The zero-order valence-corrected chi connectivity index (χ0v) is 15.4. The fourth-order valence-corrected chi connectivity index (χ4v) is 6.20. The van der Waals surface area contributed by atoms with Gasteiger partial charge in [0.25, 0.3) is 5.19 Å². The van der Waals surface area contributed by atoms with Crippen molar-refractivity contribution < 1.29 is 28.3 Å². The largest absolute Gasteiger partial charge is 0.414 e. The number of halogens is 2. The molecule has 2 amide bonds. The number of amides is 2. The van der Waals surface area contributed by atoms with Gasteiger partial charge in [0.05, 0.1) is 0 Å². The molecule has 4 fully saturated rings. The average molecular weight is 401 g/mol. The number of nitrogens with zero attached hydrogens (tertiary/aromatic N) is 1. The first-order valence-corrected chi connectivity index (χ1v) is 9.92. The third-order valence-electron chi connectivity index (χ3n) is 6.14. The Balaban J connectivity index is 1.33. The number of ether oxygens (including phenoxy) is 1. The summed E-state index contributed by atoms with van der Waals surface area (Å²) in [6, 6.07) is 0. The van der Waals surface area contributed by atoms with Crippen LogP contribution in [-0.2, 0) is 10.7 Å². The Kier molecular flexibility index (Phi) is 4.58. The molecule has 4 bridgehead atoms. The summed E-state index contributed by atoms with van der Waals surface area (Å²) >= 11 is 0.682. The van der Waals surface area contributed by atoms with Gasteiger partial charge in [0.1, 0.15) is 5.69 Å². The fourth-order valence-electron chi connectivity index (χ4n) is 5.52. The lowest BCUT2D eigenvalue weighted by Gasteiger charge is -2.56. The number of alkyl halides is 2. The average Bonchev–Trinajstić information content (AvgIpc) is 3.07. The van der Waals surface area contributed by atoms with Crippen molar-refractivity contribution >= 4 is 23.3 Å². The van der Waals surface area contributed by atoms with Gasteiger partial charge in [-0.25, -0.2) is 15.3 Å². The summed E-state index contributed by atoms with van der Waals surface area (Å²) in [5, 5.41) is 11.8. The summed E-state index contributed by atoms with van der Waals surface area (Å²) in [6.07, 6.45) is 6.57. The molecule has 5 rings (SSSR count). The Labute approximate surface area is 158 Å². The van der Waals surface area contributed by atoms with Crippen LogP contribution in [0.15, 0.2) is 5.38 Å². The third kappa shape index (κ3) is 3.52. The maximum atomic E-state index is 13.7. The monoisotopic (exact) mass is 401 g/mol. The Morgan fingerprint density at radius 1 is 1.26 bits per heavy atom. The van der Waals surface area contributed by atoms with Crippen LogP contribution in [0.2, 0.25) is 0 Å². The second-order valence-electron chi connectivity index (χ2n) is 8.17. The lowest BCUT2D eigenvalue weighted by atomic mass is 9.49. The molecule has 4 aliphatic carbocycles. The Morgan fingerprint density at radius 3 is 2.41 bits per heavy atom. The van der Waals surface area contributed by atoms with Gasteiger partial charge in [0.15, 0.2) is 0 Å². The van der Waals surface area contributed by atoms with E-state index in [2.05, 4.69) is 10.3 Å². The first-order chi connectivity index (χ1) is 12.8. The van der Waals surface area contributed by atoms with Crippen LogP contribution in [0.5, 0.6) is 5.19 Å². The zero-order valence-electron chi connectivity index (χ0n) is 14.5. The number of hydrogen-bond acceptors (Lipinski definition) is 6. The molecular formula is C17H21F2N3O4S. The lowest BCUT2D eigenvalue weighted by Crippen LogP contribution is -2.51. The topological polar surface area (TPSA) is 101 Å². The molecule has 1 aromatic heterocycles. The Bertz CT molecular complexity index is 719. The molecule has 0 saturated heterocycles. The van der Waals surface area contributed by atoms with E-state index in [9.17, 15) is 18.4 Å². The van der Waals surface area contributed by atoms with Gasteiger partial charge in [-0.15, -0.1) is 0 Å². The molecule has 10 heteroatoms. The van der Waals surface area contributed by atoms with Crippen molar-refractivity contribution in [2.45, 2.75) is 44.4 Å². The van der Waals surface area contributed by atoms with Crippen molar-refractivity contribution in [3.63, 3.8) is 0 Å². The van der Waals surface area contributed by atoms with Crippen LogP contribution in [0.1, 0.15) is 44.2 Å². The Morgan fingerprint density at radius 2 is 1.85 bits per heavy atom. The molecule has 4 aliphatic rings. The smallest absolute Gasteiger partial charge is 0.381 e. The summed E-state index contributed by atoms with van der Waals surface area (Å²) < 4.78 is 32.4. The van der Waals surface area contributed by atoms with Crippen molar-refractivity contribution in [3.8, 4) is 5.19 Å². The molecular weight excluding hydrogens is 380 g/mol. The first kappa shape index (κ1) is 18.5. The molecule has 1 aromatic rings. The quantitative estimate of drug-likeness (QED) is 0.520. The van der Waals surface area contributed by atoms with Crippen molar-refractivity contribution in [1.82, 2.24) is 15.8 Å². The maximum Gasteiger partial charge on any atom is 0.414 e. The van der Waals surface area contributed by atoms with Gasteiger partial charge in [-0.2, -0.15) is 8.78 Å². The molecule has 0 spiro atoms. The second-order valence-corrected chi connectivity index (χ2v) is 9.00. The number of thiazole rings is 1. The molecule has 0 atom stereocenters. The normalized spacial score (nSPS) is 31.6. The van der Waals surface area contributed by atoms with E-state index in [1.54, 1.807) is 0 Å². The molecule has 0 radical (unpaired) electrons. The first-order valence-electron chi connectivity index (χ1n) is 9.04. The molecule has 148 valence electrons. The predicted molar refractivity (Wildman–Crippen MR) is 90.6 cm³/mol. The number of hydrogen-bond donors (Lipinski definition) is 3. The van der Waals surface area contributed by atoms with Gasteiger partial charge in [-0.3, -0.25) is 10.0 Å². The maximum absolute atomic E-state index is 13.7. The number of nitrogens with one attached hydrogen (secondary N) is 2. The minimum absolute atomic E-state index is 0.133. The van der Waals surface area contributed by atoms with Crippen molar-refractivity contribution in [2.24, 2.45) is 23.2 Å². The molecule has 4 saturated carbocycles. The van der Waals surface area contributed by atoms with Gasteiger partial charge < -0.3 is 10.1 Å². The van der Waals surface area contributed by atoms with Crippen molar-refractivity contribution in [3.05, 3.63) is 11.1 Å². The lowest BCUT2D eigenvalue weighted by molar-refractivity contribution is -0.156. The van der Waals surface area contributed by atoms with E-state index >= 15 is 0 Å². The number of carbonyl (C=O) groups is 2. The molecule has 0 aromatic carbocycles. The van der Waals surface area contributed by atoms with E-state index in [-0.39, 0.29) is 10.6 Å². The van der Waals surface area contributed by atoms with Crippen LogP contribution in [0.25, 0.3) is 0 Å². The standard InChI is InChI=1S/C17H21F2N3O4S/c18-17(19,13(23)22-25)12-7-27-15(21-12)26-14(24)20-8-16-4-9-1-10(5-16)3-11(2-9)6-16/h7,9-11,25H,1-6,8H2,(H,20,24)(H,22,23). The van der Waals surface area contributed by atoms with Crippen LogP contribution in [0, 0.1) is 23.2 Å². The van der Waals surface area contributed by atoms with Gasteiger partial charge in [-0.05, 0) is 61.7 Å². The number of hydroxylamine groups is 1. The van der Waals surface area contributed by atoms with Crippen LogP contribution < -0.4 is 15.5 Å². The molecule has 0 aliphatic heterocycles. The number of carbonyl (C=O) groups excluding carboxylic acids is 2. The van der Waals surface area contributed by atoms with Gasteiger partial charge in [0.2, 0.25) is 0 Å². The fraction of sp³-hybridized carbons (Fsp3) is 0.706. The van der Waals surface area contributed by atoms with E-state index in [0.29, 0.717) is 17.9 Å². The zero-order chi connectivity index (χ0) is 19.2. The van der Waals surface area contributed by atoms with E-state index < -0.39 is 23.6 Å². The highest BCUT2D eigenvalue weighted by atomic mass is 32.1. The number of rotatable bonds is 5. The highest BCUT2D eigenvalue weighted by Crippen LogP contribution is 2.59. The van der Waals surface area contributed by atoms with Crippen LogP contribution in [0.4, 0.5) is 13.6 Å². The highest BCUT2D eigenvalue weighted by Gasteiger charge is 2.51. The number of aromatic nitrogens is 1.